The Bertz CT molecular complexity index is 1490. The monoisotopic (exact) mass is 648 g/mol. The Morgan fingerprint density at radius 1 is 0.488 bits per heavy atom. The maximum absolute atomic E-state index is 7.13. The maximum atomic E-state index is 7.13. The summed E-state index contributed by atoms with van der Waals surface area (Å²) in [5.41, 5.74) is 2.70. The second kappa shape index (κ2) is 18.1. The summed E-state index contributed by atoms with van der Waals surface area (Å²) >= 11 is 7.40. The van der Waals surface area contributed by atoms with Crippen molar-refractivity contribution in [3.05, 3.63) is 108 Å². The normalized spacial score (nSPS) is 9.12. The van der Waals surface area contributed by atoms with Crippen molar-refractivity contribution in [2.45, 2.75) is 0 Å². The summed E-state index contributed by atoms with van der Waals surface area (Å²) in [5.74, 6) is 14.0. The van der Waals surface area contributed by atoms with E-state index in [-0.39, 0.29) is 17.1 Å². The molecule has 0 saturated carbocycles. The van der Waals surface area contributed by atoms with Crippen LogP contribution in [-0.2, 0) is 17.1 Å². The number of hydrogen-bond donors (Lipinski definition) is 2. The van der Waals surface area contributed by atoms with Gasteiger partial charge < -0.3 is 22.5 Å². The second-order valence-electron chi connectivity index (χ2n) is 7.48. The minimum atomic E-state index is 0. The third-order valence-corrected chi connectivity index (χ3v) is 4.97. The van der Waals surface area contributed by atoms with E-state index >= 15 is 0 Å². The van der Waals surface area contributed by atoms with E-state index < -0.39 is 0 Å². The van der Waals surface area contributed by atoms with Gasteiger partial charge in [-0.05, 0) is 48.5 Å². The van der Waals surface area contributed by atoms with Crippen molar-refractivity contribution >= 4 is 34.8 Å². The second-order valence-corrected chi connectivity index (χ2v) is 7.84. The molecule has 0 fully saturated rings. The zero-order valence-electron chi connectivity index (χ0n) is 21.9. The predicted octanol–water partition coefficient (Wildman–Crippen LogP) is 3.55. The minimum absolute atomic E-state index is 0. The van der Waals surface area contributed by atoms with Gasteiger partial charge in [0.15, 0.2) is 0 Å². The Balaban J connectivity index is 0.000000249. The Morgan fingerprint density at radius 3 is 0.860 bits per heavy atom. The van der Waals surface area contributed by atoms with E-state index in [1.54, 1.807) is 24.8 Å². The van der Waals surface area contributed by atoms with E-state index in [0.29, 0.717) is 46.1 Å². The van der Waals surface area contributed by atoms with Gasteiger partial charge in [0.2, 0.25) is 23.3 Å². The molecule has 0 aromatic carbocycles. The molecule has 6 rings (SSSR count). The molecule has 0 spiro atoms. The number of thiocarbonyl (C=S) groups is 2. The number of nitrogens with two attached hydrogens (primary N) is 2. The van der Waals surface area contributed by atoms with Gasteiger partial charge in [-0.1, -0.05) is 48.7 Å². The molecular formula is C26H20FeN14S2. The fourth-order valence-corrected chi connectivity index (χ4v) is 3.26. The van der Waals surface area contributed by atoms with Gasteiger partial charge in [-0.2, -0.15) is 10.3 Å². The van der Waals surface area contributed by atoms with Crippen LogP contribution < -0.4 is 11.7 Å². The van der Waals surface area contributed by atoms with E-state index in [1.165, 1.54) is 19.7 Å². The van der Waals surface area contributed by atoms with Crippen molar-refractivity contribution in [2.75, 3.05) is 11.7 Å². The molecule has 0 bridgehead atoms. The van der Waals surface area contributed by atoms with Crippen LogP contribution in [0.25, 0.3) is 56.9 Å². The Kier molecular flexibility index (Phi) is 14.2. The smallest absolute Gasteiger partial charge is 0.753 e. The van der Waals surface area contributed by atoms with Crippen LogP contribution in [0.15, 0.2) is 97.6 Å². The molecule has 214 valence electrons. The summed E-state index contributed by atoms with van der Waals surface area (Å²) in [4.78, 5) is 16.8. The Morgan fingerprint density at radius 2 is 0.698 bits per heavy atom. The molecule has 0 amide bonds. The summed E-state index contributed by atoms with van der Waals surface area (Å²) in [6.45, 7) is 0. The molecule has 0 atom stereocenters. The van der Waals surface area contributed by atoms with Crippen LogP contribution in [0, 0.1) is 0 Å². The molecule has 14 nitrogen and oxygen atoms in total. The minimum Gasteiger partial charge on any atom is -0.753 e. The summed E-state index contributed by atoms with van der Waals surface area (Å²) in [7, 11) is 0. The summed E-state index contributed by atoms with van der Waals surface area (Å²) in [6, 6.07) is 22.1. The van der Waals surface area contributed by atoms with Gasteiger partial charge in [0, 0.05) is 24.8 Å². The molecular weight excluding hydrogens is 628 g/mol. The molecule has 0 aliphatic rings. The van der Waals surface area contributed by atoms with Gasteiger partial charge in [0.1, 0.15) is 22.8 Å². The molecule has 0 saturated heterocycles. The van der Waals surface area contributed by atoms with Gasteiger partial charge >= 0.3 is 17.1 Å². The molecule has 6 heterocycles. The van der Waals surface area contributed by atoms with Gasteiger partial charge in [-0.15, -0.1) is 20.4 Å². The molecule has 6 aromatic rings. The third-order valence-electron chi connectivity index (χ3n) is 4.97. The zero-order chi connectivity index (χ0) is 30.2. The number of isothiocyanates is 2. The van der Waals surface area contributed by atoms with Crippen molar-refractivity contribution in [3.63, 3.8) is 0 Å². The van der Waals surface area contributed by atoms with Crippen LogP contribution in [0.4, 0.5) is 0 Å². The quantitative estimate of drug-likeness (QED) is 0.122. The van der Waals surface area contributed by atoms with E-state index in [1.807, 2.05) is 72.8 Å². The van der Waals surface area contributed by atoms with Crippen LogP contribution in [0.2, 0.25) is 0 Å². The standard InChI is InChI=1S/2C12H10N6.2CNS.Fe/c2*13-18-11(9-5-1-3-7-14-9)16-17-12(18)10-6-2-4-8-15-10;2*2-1-3;/h2*1-8H,13H2;;;/q;;2*-1;+2. The fourth-order valence-electron chi connectivity index (χ4n) is 3.26. The van der Waals surface area contributed by atoms with E-state index in [4.69, 9.17) is 22.5 Å². The number of hydrogen-bond acceptors (Lipinski definition) is 12. The molecule has 0 radical (unpaired) electrons. The average molecular weight is 649 g/mol. The first kappa shape index (κ1) is 33.8. The van der Waals surface area contributed by atoms with E-state index in [2.05, 4.69) is 64.8 Å². The predicted molar refractivity (Wildman–Crippen MR) is 165 cm³/mol. The van der Waals surface area contributed by atoms with Crippen molar-refractivity contribution in [1.82, 2.24) is 49.7 Å². The fraction of sp³-hybridized carbons (Fsp3) is 0. The topological polar surface area (TPSA) is 210 Å². The molecule has 0 aliphatic carbocycles. The molecule has 6 aromatic heterocycles. The number of aromatic nitrogens is 10. The number of nitrogen functional groups attached to an aromatic ring is 2. The summed E-state index contributed by atoms with van der Waals surface area (Å²) in [5, 5.41) is 33.1. The zero-order valence-corrected chi connectivity index (χ0v) is 24.7. The summed E-state index contributed by atoms with van der Waals surface area (Å²) in [6.07, 6.45) is 6.74. The van der Waals surface area contributed by atoms with Crippen molar-refractivity contribution in [2.24, 2.45) is 0 Å². The first-order valence-electron chi connectivity index (χ1n) is 11.6. The molecule has 0 aliphatic heterocycles. The van der Waals surface area contributed by atoms with Crippen LogP contribution in [-0.4, -0.2) is 60.0 Å². The van der Waals surface area contributed by atoms with E-state index in [0.717, 1.165) is 0 Å². The number of nitrogens with zero attached hydrogens (tertiary/aromatic N) is 12. The van der Waals surface area contributed by atoms with E-state index in [9.17, 15) is 0 Å². The van der Waals surface area contributed by atoms with Crippen LogP contribution in [0.3, 0.4) is 0 Å². The van der Waals surface area contributed by atoms with Gasteiger partial charge in [-0.25, -0.2) is 9.35 Å². The van der Waals surface area contributed by atoms with Gasteiger partial charge in [0.05, 0.1) is 0 Å². The molecule has 4 N–H and O–H groups in total. The van der Waals surface area contributed by atoms with Crippen LogP contribution in [0.5, 0.6) is 0 Å². The Labute approximate surface area is 266 Å². The number of pyridine rings is 4. The molecule has 0 unspecified atom stereocenters. The van der Waals surface area contributed by atoms with Crippen LogP contribution >= 0.6 is 24.4 Å². The molecule has 17 heteroatoms. The Hall–Kier alpha value is -5.40. The third kappa shape index (κ3) is 9.31. The van der Waals surface area contributed by atoms with Gasteiger partial charge in [-0.3, -0.25) is 19.9 Å². The molecule has 43 heavy (non-hydrogen) atoms. The average Bonchev–Trinajstić information content (AvgIpc) is 3.62. The first-order valence-corrected chi connectivity index (χ1v) is 12.5. The van der Waals surface area contributed by atoms with Crippen molar-refractivity contribution < 1.29 is 17.1 Å². The number of rotatable bonds is 4. The van der Waals surface area contributed by atoms with Gasteiger partial charge in [0.25, 0.3) is 0 Å². The van der Waals surface area contributed by atoms with Crippen LogP contribution in [0.1, 0.15) is 0 Å². The SMILES string of the molecule is Nn1c(-c2ccccn2)nnc1-c1ccccn1.Nn1c(-c2ccccn2)nnc1-c1ccccn1.[Fe+2].[N-]=C=S.[N-]=C=S. The largest absolute Gasteiger partial charge is 2.00 e. The first-order chi connectivity index (χ1) is 20.5. The van der Waals surface area contributed by atoms with Crippen molar-refractivity contribution in [3.8, 4) is 46.1 Å². The summed E-state index contributed by atoms with van der Waals surface area (Å²) < 4.78 is 2.79. The van der Waals surface area contributed by atoms with Crippen molar-refractivity contribution in [1.29, 1.82) is 0 Å². The maximum Gasteiger partial charge on any atom is 2.00 e.